The van der Waals surface area contributed by atoms with Crippen molar-refractivity contribution in [2.45, 2.75) is 52.0 Å². The highest BCUT2D eigenvalue weighted by molar-refractivity contribution is 5.78. The minimum atomic E-state index is -0.0127. The molecule has 0 radical (unpaired) electrons. The largest absolute Gasteiger partial charge is 0.300 e. The molecule has 1 aliphatic carbocycles. The van der Waals surface area contributed by atoms with Gasteiger partial charge >= 0.3 is 0 Å². The van der Waals surface area contributed by atoms with Gasteiger partial charge in [0.15, 0.2) is 0 Å². The number of amides is 1. The van der Waals surface area contributed by atoms with E-state index in [0.29, 0.717) is 6.42 Å². The molecule has 0 aromatic rings. The molecule has 0 bridgehead atoms. The van der Waals surface area contributed by atoms with Crippen molar-refractivity contribution in [1.82, 2.24) is 5.01 Å². The molecule has 86 valence electrons. The number of rotatable bonds is 3. The third-order valence-corrected chi connectivity index (χ3v) is 3.26. The van der Waals surface area contributed by atoms with Crippen molar-refractivity contribution in [2.75, 3.05) is 0 Å². The second-order valence-electron chi connectivity index (χ2n) is 4.27. The maximum Gasteiger partial charge on any atom is 0.236 e. The molecule has 0 aromatic carbocycles. The van der Waals surface area contributed by atoms with E-state index in [-0.39, 0.29) is 23.7 Å². The van der Waals surface area contributed by atoms with Gasteiger partial charge in [0.25, 0.3) is 0 Å². The molecule has 15 heavy (non-hydrogen) atoms. The lowest BCUT2D eigenvalue weighted by Gasteiger charge is -2.33. The van der Waals surface area contributed by atoms with Gasteiger partial charge in [-0.15, -0.1) is 0 Å². The Bertz CT molecular complexity index is 245. The average molecular weight is 212 g/mol. The molecule has 1 fully saturated rings. The summed E-state index contributed by atoms with van der Waals surface area (Å²) in [6, 6.07) is 0.132. The van der Waals surface area contributed by atoms with Crippen LogP contribution in [0.5, 0.6) is 0 Å². The summed E-state index contributed by atoms with van der Waals surface area (Å²) in [7, 11) is 0. The van der Waals surface area contributed by atoms with Gasteiger partial charge in [0.05, 0.1) is 0 Å². The van der Waals surface area contributed by atoms with Gasteiger partial charge in [-0.25, -0.2) is 5.84 Å². The lowest BCUT2D eigenvalue weighted by atomic mass is 9.83. The van der Waals surface area contributed by atoms with Crippen LogP contribution in [0.1, 0.15) is 46.0 Å². The van der Waals surface area contributed by atoms with E-state index >= 15 is 0 Å². The minimum absolute atomic E-state index is 0.0127. The fraction of sp³-hybridized carbons (Fsp3) is 0.818. The summed E-state index contributed by atoms with van der Waals surface area (Å²) in [4.78, 5) is 22.5. The van der Waals surface area contributed by atoms with Crippen LogP contribution in [0.3, 0.4) is 0 Å². The molecule has 1 rings (SSSR count). The van der Waals surface area contributed by atoms with Crippen LogP contribution in [-0.4, -0.2) is 22.7 Å². The summed E-state index contributed by atoms with van der Waals surface area (Å²) in [5.41, 5.74) is 0. The molecule has 1 aliphatic rings. The molecule has 1 saturated carbocycles. The fourth-order valence-corrected chi connectivity index (χ4v) is 2.15. The smallest absolute Gasteiger partial charge is 0.236 e. The number of hydrogen-bond acceptors (Lipinski definition) is 3. The van der Waals surface area contributed by atoms with Gasteiger partial charge in [-0.1, -0.05) is 6.92 Å². The maximum absolute atomic E-state index is 11.4. The summed E-state index contributed by atoms with van der Waals surface area (Å²) >= 11 is 0. The number of ketones is 1. The molecular formula is C11H20N2O2. The monoisotopic (exact) mass is 212 g/mol. The first kappa shape index (κ1) is 12.2. The summed E-state index contributed by atoms with van der Waals surface area (Å²) in [5.74, 6) is 6.16. The molecule has 0 saturated heterocycles. The van der Waals surface area contributed by atoms with Gasteiger partial charge in [0, 0.05) is 18.4 Å². The SMILES string of the molecule is CCC(=O)N(N)[C@H]1CC[C@H](C(C)=O)CC1. The molecular weight excluding hydrogens is 192 g/mol. The van der Waals surface area contributed by atoms with Crippen LogP contribution >= 0.6 is 0 Å². The molecule has 4 nitrogen and oxygen atoms in total. The van der Waals surface area contributed by atoms with Gasteiger partial charge in [-0.05, 0) is 32.6 Å². The van der Waals surface area contributed by atoms with Crippen molar-refractivity contribution in [2.24, 2.45) is 11.8 Å². The lowest BCUT2D eigenvalue weighted by Crippen LogP contribution is -2.47. The van der Waals surface area contributed by atoms with Crippen molar-refractivity contribution in [1.29, 1.82) is 0 Å². The van der Waals surface area contributed by atoms with E-state index in [9.17, 15) is 9.59 Å². The standard InChI is InChI=1S/C11H20N2O2/c1-3-11(15)13(12)10-6-4-9(5-7-10)8(2)14/h9-10H,3-7,12H2,1-2H3/t9-,10-. The Hall–Kier alpha value is -0.900. The Balaban J connectivity index is 2.43. The first-order chi connectivity index (χ1) is 7.06. The fourth-order valence-electron chi connectivity index (χ4n) is 2.15. The molecule has 4 heteroatoms. The zero-order chi connectivity index (χ0) is 11.4. The zero-order valence-corrected chi connectivity index (χ0v) is 9.53. The average Bonchev–Trinajstić information content (AvgIpc) is 2.27. The predicted molar refractivity (Wildman–Crippen MR) is 57.8 cm³/mol. The first-order valence-electron chi connectivity index (χ1n) is 5.63. The predicted octanol–water partition coefficient (Wildman–Crippen LogP) is 1.25. The van der Waals surface area contributed by atoms with Gasteiger partial charge in [-0.2, -0.15) is 0 Å². The second-order valence-corrected chi connectivity index (χ2v) is 4.27. The van der Waals surface area contributed by atoms with Gasteiger partial charge < -0.3 is 0 Å². The summed E-state index contributed by atoms with van der Waals surface area (Å²) in [5, 5.41) is 1.36. The number of nitrogens with two attached hydrogens (primary N) is 1. The highest BCUT2D eigenvalue weighted by Crippen LogP contribution is 2.27. The van der Waals surface area contributed by atoms with Crippen molar-refractivity contribution in [3.05, 3.63) is 0 Å². The van der Waals surface area contributed by atoms with Crippen LogP contribution in [0.2, 0.25) is 0 Å². The van der Waals surface area contributed by atoms with E-state index < -0.39 is 0 Å². The number of carbonyl (C=O) groups excluding carboxylic acids is 2. The van der Waals surface area contributed by atoms with Gasteiger partial charge in [-0.3, -0.25) is 14.6 Å². The number of hydrogen-bond donors (Lipinski definition) is 1. The molecule has 2 N–H and O–H groups in total. The van der Waals surface area contributed by atoms with Crippen LogP contribution in [0.25, 0.3) is 0 Å². The zero-order valence-electron chi connectivity index (χ0n) is 9.53. The molecule has 0 atom stereocenters. The third-order valence-electron chi connectivity index (χ3n) is 3.26. The highest BCUT2D eigenvalue weighted by Gasteiger charge is 2.28. The summed E-state index contributed by atoms with van der Waals surface area (Å²) in [6.07, 6.45) is 3.89. The molecule has 0 aromatic heterocycles. The van der Waals surface area contributed by atoms with Crippen molar-refractivity contribution in [3.63, 3.8) is 0 Å². The Morgan fingerprint density at radius 3 is 2.20 bits per heavy atom. The van der Waals surface area contributed by atoms with Crippen LogP contribution in [-0.2, 0) is 9.59 Å². The van der Waals surface area contributed by atoms with E-state index in [0.717, 1.165) is 25.7 Å². The molecule has 0 aliphatic heterocycles. The molecule has 0 heterocycles. The number of nitrogens with zero attached hydrogens (tertiary/aromatic N) is 1. The molecule has 0 unspecified atom stereocenters. The second kappa shape index (κ2) is 5.26. The van der Waals surface area contributed by atoms with Crippen LogP contribution in [0.15, 0.2) is 0 Å². The van der Waals surface area contributed by atoms with Crippen molar-refractivity contribution in [3.8, 4) is 0 Å². The number of hydrazine groups is 1. The van der Waals surface area contributed by atoms with Crippen LogP contribution < -0.4 is 5.84 Å². The van der Waals surface area contributed by atoms with Crippen molar-refractivity contribution >= 4 is 11.7 Å². The number of carbonyl (C=O) groups is 2. The minimum Gasteiger partial charge on any atom is -0.300 e. The molecule has 0 spiro atoms. The van der Waals surface area contributed by atoms with E-state index in [1.807, 2.05) is 6.92 Å². The van der Waals surface area contributed by atoms with Gasteiger partial charge in [0.1, 0.15) is 5.78 Å². The quantitative estimate of drug-likeness (QED) is 0.435. The van der Waals surface area contributed by atoms with E-state index in [1.165, 1.54) is 5.01 Å². The Morgan fingerprint density at radius 2 is 1.80 bits per heavy atom. The summed E-state index contributed by atoms with van der Waals surface area (Å²) < 4.78 is 0. The van der Waals surface area contributed by atoms with E-state index in [2.05, 4.69) is 0 Å². The van der Waals surface area contributed by atoms with Gasteiger partial charge in [0.2, 0.25) is 5.91 Å². The Morgan fingerprint density at radius 1 is 1.27 bits per heavy atom. The Labute approximate surface area is 90.8 Å². The number of Topliss-reactive ketones (excluding diaryl/α,β-unsaturated/α-hetero) is 1. The van der Waals surface area contributed by atoms with Crippen LogP contribution in [0, 0.1) is 5.92 Å². The highest BCUT2D eigenvalue weighted by atomic mass is 16.2. The van der Waals surface area contributed by atoms with Crippen molar-refractivity contribution < 1.29 is 9.59 Å². The normalized spacial score (nSPS) is 26.1. The lowest BCUT2D eigenvalue weighted by molar-refractivity contribution is -0.134. The van der Waals surface area contributed by atoms with E-state index in [4.69, 9.17) is 5.84 Å². The van der Waals surface area contributed by atoms with E-state index in [1.54, 1.807) is 6.92 Å². The summed E-state index contributed by atoms with van der Waals surface area (Å²) in [6.45, 7) is 3.45. The van der Waals surface area contributed by atoms with Crippen LogP contribution in [0.4, 0.5) is 0 Å². The topological polar surface area (TPSA) is 63.4 Å². The Kier molecular flexibility index (Phi) is 4.27. The third kappa shape index (κ3) is 3.02. The molecule has 1 amide bonds. The first-order valence-corrected chi connectivity index (χ1v) is 5.63. The maximum atomic E-state index is 11.4.